The van der Waals surface area contributed by atoms with Crippen molar-refractivity contribution in [1.29, 1.82) is 0 Å². The molecule has 1 N–H and O–H groups in total. The van der Waals surface area contributed by atoms with Crippen LogP contribution in [0.4, 0.5) is 0 Å². The molecule has 3 aromatic rings. The third kappa shape index (κ3) is 5.82. The van der Waals surface area contributed by atoms with Gasteiger partial charge in [0.05, 0.1) is 0 Å². The van der Waals surface area contributed by atoms with Crippen molar-refractivity contribution >= 4 is 5.91 Å². The van der Waals surface area contributed by atoms with E-state index in [9.17, 15) is 4.79 Å². The van der Waals surface area contributed by atoms with Crippen LogP contribution in [-0.4, -0.2) is 11.9 Å². The van der Waals surface area contributed by atoms with E-state index in [4.69, 9.17) is 0 Å². The molecular formula is C25H27NO. The highest BCUT2D eigenvalue weighted by Crippen LogP contribution is 2.14. The average Bonchev–Trinajstić information content (AvgIpc) is 2.72. The van der Waals surface area contributed by atoms with Crippen molar-refractivity contribution in [3.05, 3.63) is 107 Å². The summed E-state index contributed by atoms with van der Waals surface area (Å²) in [5, 5.41) is 3.17. The highest BCUT2D eigenvalue weighted by Gasteiger charge is 2.13. The molecule has 1 amide bonds. The van der Waals surface area contributed by atoms with Crippen LogP contribution < -0.4 is 5.32 Å². The molecule has 0 spiro atoms. The first kappa shape index (κ1) is 18.9. The lowest BCUT2D eigenvalue weighted by Crippen LogP contribution is -2.33. The number of aryl methyl sites for hydroxylation is 3. The number of hydrogen-bond acceptors (Lipinski definition) is 1. The third-order valence-electron chi connectivity index (χ3n) is 4.87. The standard InChI is InChI=1S/C25H27NO/c1-20(16-17-21-10-4-2-5-11-21)26-25(27)24-15-9-8-14-23(24)19-18-22-12-6-3-7-13-22/h2-15,20H,16-19H2,1H3,(H,26,27)/t20-/m0/s1. The van der Waals surface area contributed by atoms with Gasteiger partial charge in [-0.1, -0.05) is 78.9 Å². The van der Waals surface area contributed by atoms with E-state index in [-0.39, 0.29) is 11.9 Å². The van der Waals surface area contributed by atoms with Crippen LogP contribution >= 0.6 is 0 Å². The SMILES string of the molecule is C[C@@H](CCc1ccccc1)NC(=O)c1ccccc1CCc1ccccc1. The molecular weight excluding hydrogens is 330 g/mol. The van der Waals surface area contributed by atoms with Gasteiger partial charge in [0.25, 0.3) is 5.91 Å². The minimum absolute atomic E-state index is 0.0271. The largest absolute Gasteiger partial charge is 0.350 e. The van der Waals surface area contributed by atoms with Crippen LogP contribution in [0.25, 0.3) is 0 Å². The molecule has 0 radical (unpaired) electrons. The second-order valence-corrected chi connectivity index (χ2v) is 7.04. The molecule has 0 aliphatic carbocycles. The Kier molecular flexibility index (Phi) is 6.81. The highest BCUT2D eigenvalue weighted by atomic mass is 16.1. The van der Waals surface area contributed by atoms with Gasteiger partial charge in [0.1, 0.15) is 0 Å². The van der Waals surface area contributed by atoms with Gasteiger partial charge < -0.3 is 5.32 Å². The van der Waals surface area contributed by atoms with E-state index >= 15 is 0 Å². The molecule has 2 heteroatoms. The molecule has 3 rings (SSSR count). The number of carbonyl (C=O) groups excluding carboxylic acids is 1. The lowest BCUT2D eigenvalue weighted by molar-refractivity contribution is 0.0937. The quantitative estimate of drug-likeness (QED) is 0.588. The van der Waals surface area contributed by atoms with E-state index in [2.05, 4.69) is 66.8 Å². The number of carbonyl (C=O) groups is 1. The van der Waals surface area contributed by atoms with E-state index in [1.165, 1.54) is 11.1 Å². The van der Waals surface area contributed by atoms with Crippen LogP contribution in [0.1, 0.15) is 40.4 Å². The first-order valence-electron chi connectivity index (χ1n) is 9.69. The van der Waals surface area contributed by atoms with E-state index < -0.39 is 0 Å². The van der Waals surface area contributed by atoms with Gasteiger partial charge in [0.2, 0.25) is 0 Å². The Bertz CT molecular complexity index is 842. The first-order valence-corrected chi connectivity index (χ1v) is 9.69. The minimum atomic E-state index is 0.0271. The van der Waals surface area contributed by atoms with Crippen molar-refractivity contribution in [3.8, 4) is 0 Å². The summed E-state index contributed by atoms with van der Waals surface area (Å²) < 4.78 is 0. The van der Waals surface area contributed by atoms with Crippen molar-refractivity contribution in [3.63, 3.8) is 0 Å². The molecule has 0 fully saturated rings. The van der Waals surface area contributed by atoms with Crippen molar-refractivity contribution in [2.75, 3.05) is 0 Å². The van der Waals surface area contributed by atoms with Crippen LogP contribution in [0.2, 0.25) is 0 Å². The fraction of sp³-hybridized carbons (Fsp3) is 0.240. The summed E-state index contributed by atoms with van der Waals surface area (Å²) in [6, 6.07) is 28.9. The molecule has 0 saturated heterocycles. The lowest BCUT2D eigenvalue weighted by Gasteiger charge is -2.16. The lowest BCUT2D eigenvalue weighted by atomic mass is 9.99. The van der Waals surface area contributed by atoms with Crippen LogP contribution in [0, 0.1) is 0 Å². The van der Waals surface area contributed by atoms with Crippen molar-refractivity contribution in [2.45, 2.75) is 38.6 Å². The van der Waals surface area contributed by atoms with Gasteiger partial charge in [0.15, 0.2) is 0 Å². The monoisotopic (exact) mass is 357 g/mol. The second-order valence-electron chi connectivity index (χ2n) is 7.04. The van der Waals surface area contributed by atoms with E-state index in [1.807, 2.05) is 30.3 Å². The predicted molar refractivity (Wildman–Crippen MR) is 112 cm³/mol. The molecule has 3 aromatic carbocycles. The second kappa shape index (κ2) is 9.72. The van der Waals surface area contributed by atoms with Crippen LogP contribution in [0.3, 0.4) is 0 Å². The zero-order chi connectivity index (χ0) is 18.9. The van der Waals surface area contributed by atoms with E-state index in [0.29, 0.717) is 0 Å². The molecule has 2 nitrogen and oxygen atoms in total. The van der Waals surface area contributed by atoms with Crippen molar-refractivity contribution < 1.29 is 4.79 Å². The maximum Gasteiger partial charge on any atom is 0.251 e. The third-order valence-corrected chi connectivity index (χ3v) is 4.87. The van der Waals surface area contributed by atoms with Gasteiger partial charge in [-0.2, -0.15) is 0 Å². The Hall–Kier alpha value is -2.87. The van der Waals surface area contributed by atoms with Gasteiger partial charge in [-0.05, 0) is 55.4 Å². The number of amides is 1. The van der Waals surface area contributed by atoms with Crippen molar-refractivity contribution in [1.82, 2.24) is 5.32 Å². The summed E-state index contributed by atoms with van der Waals surface area (Å²) in [4.78, 5) is 12.8. The number of rotatable bonds is 8. The molecule has 0 aliphatic heterocycles. The molecule has 27 heavy (non-hydrogen) atoms. The highest BCUT2D eigenvalue weighted by molar-refractivity contribution is 5.95. The summed E-state index contributed by atoms with van der Waals surface area (Å²) in [5.74, 6) is 0.0271. The molecule has 138 valence electrons. The van der Waals surface area contributed by atoms with Gasteiger partial charge >= 0.3 is 0 Å². The first-order chi connectivity index (χ1) is 13.2. The zero-order valence-corrected chi connectivity index (χ0v) is 15.9. The smallest absolute Gasteiger partial charge is 0.251 e. The Labute approximate surface area is 162 Å². The number of hydrogen-bond donors (Lipinski definition) is 1. The van der Waals surface area contributed by atoms with Gasteiger partial charge in [-0.3, -0.25) is 4.79 Å². The van der Waals surface area contributed by atoms with Gasteiger partial charge in [-0.15, -0.1) is 0 Å². The van der Waals surface area contributed by atoms with Crippen LogP contribution in [0.15, 0.2) is 84.9 Å². The molecule has 0 unspecified atom stereocenters. The fourth-order valence-corrected chi connectivity index (χ4v) is 3.29. The Balaban J connectivity index is 1.57. The number of benzene rings is 3. The Morgan fingerprint density at radius 2 is 1.30 bits per heavy atom. The Morgan fingerprint density at radius 1 is 0.741 bits per heavy atom. The summed E-state index contributed by atoms with van der Waals surface area (Å²) in [6.07, 6.45) is 3.71. The molecule has 0 heterocycles. The minimum Gasteiger partial charge on any atom is -0.350 e. The summed E-state index contributed by atoms with van der Waals surface area (Å²) in [6.45, 7) is 2.08. The molecule has 0 aromatic heterocycles. The van der Waals surface area contributed by atoms with Gasteiger partial charge in [0, 0.05) is 11.6 Å². The average molecular weight is 357 g/mol. The maximum absolute atomic E-state index is 12.8. The Morgan fingerprint density at radius 3 is 1.96 bits per heavy atom. The summed E-state index contributed by atoms with van der Waals surface area (Å²) >= 11 is 0. The topological polar surface area (TPSA) is 29.1 Å². The van der Waals surface area contributed by atoms with E-state index in [0.717, 1.165) is 36.8 Å². The van der Waals surface area contributed by atoms with Gasteiger partial charge in [-0.25, -0.2) is 0 Å². The van der Waals surface area contributed by atoms with Crippen LogP contribution in [0.5, 0.6) is 0 Å². The maximum atomic E-state index is 12.8. The normalized spacial score (nSPS) is 11.7. The van der Waals surface area contributed by atoms with Crippen LogP contribution in [-0.2, 0) is 19.3 Å². The molecule has 0 bridgehead atoms. The molecule has 0 aliphatic rings. The fourth-order valence-electron chi connectivity index (χ4n) is 3.29. The number of nitrogens with one attached hydrogen (secondary N) is 1. The van der Waals surface area contributed by atoms with Crippen molar-refractivity contribution in [2.24, 2.45) is 0 Å². The summed E-state index contributed by atoms with van der Waals surface area (Å²) in [5.41, 5.74) is 4.50. The predicted octanol–water partition coefficient (Wildman–Crippen LogP) is 5.22. The zero-order valence-electron chi connectivity index (χ0n) is 15.9. The summed E-state index contributed by atoms with van der Waals surface area (Å²) in [7, 11) is 0. The molecule has 0 saturated carbocycles. The molecule has 1 atom stereocenters. The van der Waals surface area contributed by atoms with E-state index in [1.54, 1.807) is 0 Å².